The summed E-state index contributed by atoms with van der Waals surface area (Å²) in [4.78, 5) is 14.8. The molecule has 3 nitrogen and oxygen atoms in total. The van der Waals surface area contributed by atoms with E-state index in [1.807, 2.05) is 36.4 Å². The average molecular weight is 357 g/mol. The maximum atomic E-state index is 14.3. The van der Waals surface area contributed by atoms with E-state index in [4.69, 9.17) is 0 Å². The fourth-order valence-electron chi connectivity index (χ4n) is 3.36. The highest BCUT2D eigenvalue weighted by molar-refractivity contribution is 5.76. The van der Waals surface area contributed by atoms with Crippen molar-refractivity contribution in [3.05, 3.63) is 77.4 Å². The zero-order valence-electron chi connectivity index (χ0n) is 15.0. The first-order valence-electron chi connectivity index (χ1n) is 8.69. The predicted molar refractivity (Wildman–Crippen MR) is 97.8 cm³/mol. The molecular formula is C21H23F2N2O+. The van der Waals surface area contributed by atoms with Gasteiger partial charge in [-0.3, -0.25) is 4.79 Å². The number of likely N-dealkylation sites (N-methyl/N-ethyl adjacent to an activating group) is 1. The minimum absolute atomic E-state index is 0.0211. The summed E-state index contributed by atoms with van der Waals surface area (Å²) >= 11 is 0. The maximum absolute atomic E-state index is 14.3. The van der Waals surface area contributed by atoms with Crippen LogP contribution in [0.3, 0.4) is 0 Å². The van der Waals surface area contributed by atoms with Gasteiger partial charge in [0.15, 0.2) is 6.54 Å². The Morgan fingerprint density at radius 3 is 2.58 bits per heavy atom. The highest BCUT2D eigenvalue weighted by Gasteiger charge is 2.28. The zero-order chi connectivity index (χ0) is 18.7. The van der Waals surface area contributed by atoms with Gasteiger partial charge in [-0.2, -0.15) is 0 Å². The molecular weight excluding hydrogens is 334 g/mol. The molecule has 1 amide bonds. The van der Waals surface area contributed by atoms with Gasteiger partial charge >= 0.3 is 0 Å². The van der Waals surface area contributed by atoms with Crippen LogP contribution in [-0.2, 0) is 4.79 Å². The van der Waals surface area contributed by atoms with Gasteiger partial charge in [0.2, 0.25) is 0 Å². The fraction of sp³-hybridized carbons (Fsp3) is 0.286. The summed E-state index contributed by atoms with van der Waals surface area (Å²) in [6.07, 6.45) is 2.01. The van der Waals surface area contributed by atoms with Crippen LogP contribution in [0.15, 0.2) is 54.6 Å². The quantitative estimate of drug-likeness (QED) is 0.891. The standard InChI is InChI=1S/C21H22F2N2O/c1-24(2)21(26)14-25-12-16(15-6-4-3-5-7-15)10-17(13-25)19-11-18(22)8-9-20(19)23/h3-11,16H,12-14H2,1-2H3/p+1. The van der Waals surface area contributed by atoms with Gasteiger partial charge in [-0.25, -0.2) is 8.78 Å². The minimum atomic E-state index is -0.463. The first kappa shape index (κ1) is 18.3. The van der Waals surface area contributed by atoms with E-state index in [1.165, 1.54) is 6.07 Å². The first-order chi connectivity index (χ1) is 12.4. The molecule has 1 aliphatic rings. The van der Waals surface area contributed by atoms with Crippen molar-refractivity contribution in [2.75, 3.05) is 33.7 Å². The molecule has 0 radical (unpaired) electrons. The van der Waals surface area contributed by atoms with E-state index < -0.39 is 11.6 Å². The number of nitrogens with zero attached hydrogens (tertiary/aromatic N) is 1. The topological polar surface area (TPSA) is 24.8 Å². The molecule has 0 saturated heterocycles. The van der Waals surface area contributed by atoms with Gasteiger partial charge in [0.25, 0.3) is 5.91 Å². The second-order valence-corrected chi connectivity index (χ2v) is 6.93. The number of nitrogens with one attached hydrogen (secondary N) is 1. The van der Waals surface area contributed by atoms with Crippen LogP contribution in [0.1, 0.15) is 17.0 Å². The van der Waals surface area contributed by atoms with Gasteiger partial charge in [0, 0.05) is 25.2 Å². The molecule has 1 heterocycles. The number of hydrogen-bond acceptors (Lipinski definition) is 1. The molecule has 0 aromatic heterocycles. The lowest BCUT2D eigenvalue weighted by molar-refractivity contribution is -0.886. The van der Waals surface area contributed by atoms with Crippen molar-refractivity contribution in [2.45, 2.75) is 5.92 Å². The van der Waals surface area contributed by atoms with E-state index in [1.54, 1.807) is 19.0 Å². The molecule has 1 N–H and O–H groups in total. The Kier molecular flexibility index (Phi) is 5.47. The number of hydrogen-bond donors (Lipinski definition) is 1. The van der Waals surface area contributed by atoms with Gasteiger partial charge in [0.05, 0.1) is 12.5 Å². The predicted octanol–water partition coefficient (Wildman–Crippen LogP) is 2.12. The molecule has 2 aromatic rings. The lowest BCUT2D eigenvalue weighted by atomic mass is 9.89. The molecule has 26 heavy (non-hydrogen) atoms. The van der Waals surface area contributed by atoms with Crippen LogP contribution in [0.4, 0.5) is 8.78 Å². The summed E-state index contributed by atoms with van der Waals surface area (Å²) in [5.74, 6) is -0.833. The third kappa shape index (κ3) is 4.17. The maximum Gasteiger partial charge on any atom is 0.277 e. The lowest BCUT2D eigenvalue weighted by Gasteiger charge is -2.30. The summed E-state index contributed by atoms with van der Waals surface area (Å²) in [5.41, 5.74) is 2.13. The Balaban J connectivity index is 1.96. The smallest absolute Gasteiger partial charge is 0.277 e. The van der Waals surface area contributed by atoms with Crippen molar-refractivity contribution >= 4 is 11.5 Å². The van der Waals surface area contributed by atoms with Crippen LogP contribution >= 0.6 is 0 Å². The van der Waals surface area contributed by atoms with E-state index in [9.17, 15) is 13.6 Å². The molecule has 5 heteroatoms. The molecule has 2 atom stereocenters. The molecule has 0 fully saturated rings. The molecule has 2 unspecified atom stereocenters. The van der Waals surface area contributed by atoms with E-state index in [0.717, 1.165) is 34.7 Å². The Hall–Kier alpha value is -2.53. The summed E-state index contributed by atoms with van der Waals surface area (Å²) in [7, 11) is 3.45. The van der Waals surface area contributed by atoms with Gasteiger partial charge in [-0.05, 0) is 23.8 Å². The molecule has 2 aromatic carbocycles. The van der Waals surface area contributed by atoms with Crippen molar-refractivity contribution in [3.63, 3.8) is 0 Å². The van der Waals surface area contributed by atoms with Crippen molar-refractivity contribution in [2.24, 2.45) is 0 Å². The third-order valence-electron chi connectivity index (χ3n) is 4.75. The number of halogens is 2. The van der Waals surface area contributed by atoms with Crippen molar-refractivity contribution in [1.29, 1.82) is 0 Å². The Morgan fingerprint density at radius 2 is 1.88 bits per heavy atom. The Bertz CT molecular complexity index is 818. The van der Waals surface area contributed by atoms with Crippen molar-refractivity contribution in [3.8, 4) is 0 Å². The minimum Gasteiger partial charge on any atom is -0.344 e. The largest absolute Gasteiger partial charge is 0.344 e. The number of amides is 1. The first-order valence-corrected chi connectivity index (χ1v) is 8.69. The van der Waals surface area contributed by atoms with Gasteiger partial charge in [-0.1, -0.05) is 36.4 Å². The van der Waals surface area contributed by atoms with E-state index in [-0.39, 0.29) is 17.4 Å². The Labute approximate surface area is 152 Å². The van der Waals surface area contributed by atoms with Crippen LogP contribution in [0, 0.1) is 11.6 Å². The van der Waals surface area contributed by atoms with Crippen LogP contribution in [0.25, 0.3) is 5.57 Å². The second kappa shape index (κ2) is 7.79. The molecule has 3 rings (SSSR count). The molecule has 0 spiro atoms. The highest BCUT2D eigenvalue weighted by atomic mass is 19.1. The second-order valence-electron chi connectivity index (χ2n) is 6.93. The molecule has 0 bridgehead atoms. The van der Waals surface area contributed by atoms with Crippen LogP contribution in [-0.4, -0.2) is 44.5 Å². The molecule has 0 saturated carbocycles. The van der Waals surface area contributed by atoms with Crippen LogP contribution < -0.4 is 4.90 Å². The number of benzene rings is 2. The summed E-state index contributed by atoms with van der Waals surface area (Å²) in [6.45, 7) is 1.55. The van der Waals surface area contributed by atoms with Gasteiger partial charge < -0.3 is 9.80 Å². The van der Waals surface area contributed by atoms with E-state index >= 15 is 0 Å². The molecule has 0 aliphatic carbocycles. The third-order valence-corrected chi connectivity index (χ3v) is 4.75. The van der Waals surface area contributed by atoms with E-state index in [2.05, 4.69) is 0 Å². The van der Waals surface area contributed by atoms with Crippen molar-refractivity contribution in [1.82, 2.24) is 4.90 Å². The molecule has 136 valence electrons. The lowest BCUT2D eigenvalue weighted by Crippen LogP contribution is -3.14. The summed E-state index contributed by atoms with van der Waals surface area (Å²) in [5, 5.41) is 0. The van der Waals surface area contributed by atoms with Gasteiger partial charge in [0.1, 0.15) is 18.2 Å². The monoisotopic (exact) mass is 357 g/mol. The SMILES string of the molecule is CN(C)C(=O)C[NH+]1CC(c2cc(F)ccc2F)=CC(c2ccccc2)C1. The van der Waals surface area contributed by atoms with E-state index in [0.29, 0.717) is 13.1 Å². The number of carbonyl (C=O) groups is 1. The average Bonchev–Trinajstić information content (AvgIpc) is 2.64. The summed E-state index contributed by atoms with van der Waals surface area (Å²) < 4.78 is 28.0. The summed E-state index contributed by atoms with van der Waals surface area (Å²) in [6, 6.07) is 13.4. The number of rotatable bonds is 4. The number of quaternary nitrogens is 1. The number of carbonyl (C=O) groups excluding carboxylic acids is 1. The van der Waals surface area contributed by atoms with Gasteiger partial charge in [-0.15, -0.1) is 0 Å². The normalized spacial score (nSPS) is 19.8. The molecule has 1 aliphatic heterocycles. The van der Waals surface area contributed by atoms with Crippen LogP contribution in [0.5, 0.6) is 0 Å². The fourth-order valence-corrected chi connectivity index (χ4v) is 3.36. The Morgan fingerprint density at radius 1 is 1.15 bits per heavy atom. The van der Waals surface area contributed by atoms with Crippen LogP contribution in [0.2, 0.25) is 0 Å². The highest BCUT2D eigenvalue weighted by Crippen LogP contribution is 2.26. The van der Waals surface area contributed by atoms with Crippen molar-refractivity contribution < 1.29 is 18.5 Å². The zero-order valence-corrected chi connectivity index (χ0v) is 15.0.